The summed E-state index contributed by atoms with van der Waals surface area (Å²) in [6, 6.07) is 8.57. The normalized spacial score (nSPS) is 9.59. The maximum absolute atomic E-state index is 11.8. The van der Waals surface area contributed by atoms with E-state index in [1.165, 1.54) is 0 Å². The molecule has 0 atom stereocenters. The largest absolute Gasteiger partial charge is 0.347 e. The van der Waals surface area contributed by atoms with E-state index < -0.39 is 0 Å². The van der Waals surface area contributed by atoms with Crippen molar-refractivity contribution in [2.24, 2.45) is 0 Å². The van der Waals surface area contributed by atoms with Gasteiger partial charge in [0.05, 0.1) is 30.2 Å². The molecule has 1 aromatic carbocycles. The third-order valence-electron chi connectivity index (χ3n) is 2.25. The van der Waals surface area contributed by atoms with Crippen LogP contribution in [0.25, 0.3) is 0 Å². The number of amides is 1. The molecule has 5 nitrogen and oxygen atoms in total. The topological polar surface area (TPSA) is 81.6 Å². The number of aromatic nitrogens is 2. The molecule has 2 N–H and O–H groups in total. The molecule has 0 aliphatic heterocycles. The van der Waals surface area contributed by atoms with Crippen LogP contribution in [-0.4, -0.2) is 15.9 Å². The summed E-state index contributed by atoms with van der Waals surface area (Å²) >= 11 is 0. The summed E-state index contributed by atoms with van der Waals surface area (Å²) in [4.78, 5) is 18.5. The van der Waals surface area contributed by atoms with E-state index in [9.17, 15) is 4.79 Å². The van der Waals surface area contributed by atoms with Gasteiger partial charge in [-0.15, -0.1) is 0 Å². The van der Waals surface area contributed by atoms with E-state index in [-0.39, 0.29) is 5.91 Å². The van der Waals surface area contributed by atoms with Crippen molar-refractivity contribution in [2.45, 2.75) is 6.54 Å². The number of imidazole rings is 1. The molecule has 1 heterocycles. The van der Waals surface area contributed by atoms with Gasteiger partial charge in [0.25, 0.3) is 5.91 Å². The molecule has 0 aliphatic rings. The summed E-state index contributed by atoms with van der Waals surface area (Å²) in [6.45, 7) is 0.385. The molecule has 0 bridgehead atoms. The zero-order valence-electron chi connectivity index (χ0n) is 8.97. The lowest BCUT2D eigenvalue weighted by atomic mass is 10.1. The van der Waals surface area contributed by atoms with Crippen molar-refractivity contribution in [1.29, 1.82) is 5.26 Å². The Labute approximate surface area is 98.1 Å². The Kier molecular flexibility index (Phi) is 3.17. The van der Waals surface area contributed by atoms with Crippen LogP contribution in [0, 0.1) is 11.3 Å². The molecule has 0 saturated carbocycles. The van der Waals surface area contributed by atoms with Crippen molar-refractivity contribution in [1.82, 2.24) is 15.3 Å². The van der Waals surface area contributed by atoms with Crippen molar-refractivity contribution in [3.05, 3.63) is 53.6 Å². The van der Waals surface area contributed by atoms with Crippen molar-refractivity contribution in [3.63, 3.8) is 0 Å². The predicted molar refractivity (Wildman–Crippen MR) is 60.9 cm³/mol. The van der Waals surface area contributed by atoms with Crippen LogP contribution >= 0.6 is 0 Å². The first-order valence-electron chi connectivity index (χ1n) is 5.05. The Morgan fingerprint density at radius 1 is 1.53 bits per heavy atom. The van der Waals surface area contributed by atoms with Crippen molar-refractivity contribution in [2.75, 3.05) is 0 Å². The highest BCUT2D eigenvalue weighted by Crippen LogP contribution is 2.04. The van der Waals surface area contributed by atoms with Crippen molar-refractivity contribution < 1.29 is 4.79 Å². The van der Waals surface area contributed by atoms with Gasteiger partial charge in [-0.2, -0.15) is 5.26 Å². The summed E-state index contributed by atoms with van der Waals surface area (Å²) in [5.74, 6) is -0.211. The SMILES string of the molecule is N#Cc1cccc(C(=O)NCc2cnc[nH]2)c1. The number of nitriles is 1. The van der Waals surface area contributed by atoms with Gasteiger partial charge >= 0.3 is 0 Å². The molecule has 84 valence electrons. The third kappa shape index (κ3) is 2.69. The van der Waals surface area contributed by atoms with Gasteiger partial charge in [0.1, 0.15) is 0 Å². The van der Waals surface area contributed by atoms with Crippen LogP contribution in [0.15, 0.2) is 36.8 Å². The first-order chi connectivity index (χ1) is 8.29. The van der Waals surface area contributed by atoms with Gasteiger partial charge in [0.15, 0.2) is 0 Å². The number of rotatable bonds is 3. The predicted octanol–water partition coefficient (Wildman–Crippen LogP) is 1.21. The maximum atomic E-state index is 11.8. The number of H-pyrrole nitrogens is 1. The van der Waals surface area contributed by atoms with Crippen LogP contribution in [-0.2, 0) is 6.54 Å². The standard InChI is InChI=1S/C12H10N4O/c13-5-9-2-1-3-10(4-9)12(17)15-7-11-6-14-8-16-11/h1-4,6,8H,7H2,(H,14,16)(H,15,17). The molecule has 5 heteroatoms. The Hall–Kier alpha value is -2.61. The number of nitrogens with zero attached hydrogens (tertiary/aromatic N) is 2. The number of carbonyl (C=O) groups excluding carboxylic acids is 1. The van der Waals surface area contributed by atoms with Crippen LogP contribution in [0.4, 0.5) is 0 Å². The van der Waals surface area contributed by atoms with Crippen LogP contribution in [0.3, 0.4) is 0 Å². The van der Waals surface area contributed by atoms with Crippen LogP contribution in [0.5, 0.6) is 0 Å². The van der Waals surface area contributed by atoms with Gasteiger partial charge in [-0.05, 0) is 18.2 Å². The minimum atomic E-state index is -0.211. The Morgan fingerprint density at radius 2 is 2.41 bits per heavy atom. The molecule has 0 aliphatic carbocycles. The fourth-order valence-corrected chi connectivity index (χ4v) is 1.39. The minimum absolute atomic E-state index is 0.211. The quantitative estimate of drug-likeness (QED) is 0.825. The van der Waals surface area contributed by atoms with Crippen LogP contribution in [0.2, 0.25) is 0 Å². The molecule has 1 aromatic heterocycles. The fraction of sp³-hybridized carbons (Fsp3) is 0.0833. The van der Waals surface area contributed by atoms with E-state index in [1.54, 1.807) is 36.8 Å². The monoisotopic (exact) mass is 226 g/mol. The van der Waals surface area contributed by atoms with Crippen molar-refractivity contribution in [3.8, 4) is 6.07 Å². The minimum Gasteiger partial charge on any atom is -0.347 e. The second-order valence-electron chi connectivity index (χ2n) is 3.45. The summed E-state index contributed by atoms with van der Waals surface area (Å²) in [5, 5.41) is 11.5. The molecule has 0 fully saturated rings. The number of hydrogen-bond donors (Lipinski definition) is 2. The molecule has 0 unspecified atom stereocenters. The average molecular weight is 226 g/mol. The van der Waals surface area contributed by atoms with E-state index in [0.717, 1.165) is 5.69 Å². The highest BCUT2D eigenvalue weighted by atomic mass is 16.1. The number of hydrogen-bond acceptors (Lipinski definition) is 3. The molecule has 17 heavy (non-hydrogen) atoms. The fourth-order valence-electron chi connectivity index (χ4n) is 1.39. The molecule has 2 aromatic rings. The van der Waals surface area contributed by atoms with E-state index in [2.05, 4.69) is 15.3 Å². The van der Waals surface area contributed by atoms with Gasteiger partial charge in [-0.1, -0.05) is 6.07 Å². The lowest BCUT2D eigenvalue weighted by molar-refractivity contribution is 0.0950. The van der Waals surface area contributed by atoms with E-state index in [4.69, 9.17) is 5.26 Å². The van der Waals surface area contributed by atoms with Gasteiger partial charge in [0.2, 0.25) is 0 Å². The molecule has 0 spiro atoms. The van der Waals surface area contributed by atoms with E-state index >= 15 is 0 Å². The molecule has 1 amide bonds. The molecule has 0 radical (unpaired) electrons. The second-order valence-corrected chi connectivity index (χ2v) is 3.45. The van der Waals surface area contributed by atoms with E-state index in [1.807, 2.05) is 6.07 Å². The van der Waals surface area contributed by atoms with Crippen LogP contribution < -0.4 is 5.32 Å². The third-order valence-corrected chi connectivity index (χ3v) is 2.25. The average Bonchev–Trinajstić information content (AvgIpc) is 2.89. The summed E-state index contributed by atoms with van der Waals surface area (Å²) in [6.07, 6.45) is 3.20. The molecular formula is C12H10N4O. The van der Waals surface area contributed by atoms with Gasteiger partial charge in [-0.25, -0.2) is 4.98 Å². The number of nitrogens with one attached hydrogen (secondary N) is 2. The van der Waals surface area contributed by atoms with Gasteiger partial charge in [-0.3, -0.25) is 4.79 Å². The lowest BCUT2D eigenvalue weighted by Gasteiger charge is -2.03. The Bertz CT molecular complexity index is 554. The van der Waals surface area contributed by atoms with Gasteiger partial charge in [0, 0.05) is 11.8 Å². The summed E-state index contributed by atoms with van der Waals surface area (Å²) in [5.41, 5.74) is 1.78. The summed E-state index contributed by atoms with van der Waals surface area (Å²) in [7, 11) is 0. The lowest BCUT2D eigenvalue weighted by Crippen LogP contribution is -2.22. The first-order valence-corrected chi connectivity index (χ1v) is 5.05. The summed E-state index contributed by atoms with van der Waals surface area (Å²) < 4.78 is 0. The second kappa shape index (κ2) is 4.94. The zero-order chi connectivity index (χ0) is 12.1. The van der Waals surface area contributed by atoms with E-state index in [0.29, 0.717) is 17.7 Å². The Balaban J connectivity index is 2.02. The number of carbonyl (C=O) groups is 1. The van der Waals surface area contributed by atoms with Crippen LogP contribution in [0.1, 0.15) is 21.6 Å². The first kappa shape index (κ1) is 10.9. The molecular weight excluding hydrogens is 216 g/mol. The molecule has 0 saturated heterocycles. The van der Waals surface area contributed by atoms with Crippen molar-refractivity contribution >= 4 is 5.91 Å². The zero-order valence-corrected chi connectivity index (χ0v) is 8.97. The Morgan fingerprint density at radius 3 is 3.12 bits per heavy atom. The number of aromatic amines is 1. The highest BCUT2D eigenvalue weighted by Gasteiger charge is 2.05. The van der Waals surface area contributed by atoms with Gasteiger partial charge < -0.3 is 10.3 Å². The maximum Gasteiger partial charge on any atom is 0.251 e. The number of benzene rings is 1. The molecule has 2 rings (SSSR count). The smallest absolute Gasteiger partial charge is 0.251 e. The highest BCUT2D eigenvalue weighted by molar-refractivity contribution is 5.94.